The third-order valence-electron chi connectivity index (χ3n) is 11.3. The second-order valence-electron chi connectivity index (χ2n) is 16.7. The van der Waals surface area contributed by atoms with E-state index in [2.05, 4.69) is 13.8 Å². The summed E-state index contributed by atoms with van der Waals surface area (Å²) in [5.74, 6) is -0.352. The van der Waals surface area contributed by atoms with Crippen LogP contribution in [0, 0.1) is 0 Å². The molecule has 0 rings (SSSR count). The van der Waals surface area contributed by atoms with Gasteiger partial charge in [-0.3, -0.25) is 9.59 Å². The lowest BCUT2D eigenvalue weighted by molar-refractivity contribution is -0.145. The molecule has 0 radical (unpaired) electrons. The number of ether oxygens (including phenoxy) is 2. The van der Waals surface area contributed by atoms with Gasteiger partial charge in [-0.2, -0.15) is 0 Å². The molecule has 53 heavy (non-hydrogen) atoms. The Kier molecular flexibility index (Phi) is 46.2. The Morgan fingerprint density at radius 3 is 0.604 bits per heavy atom. The first-order valence-corrected chi connectivity index (χ1v) is 24.5. The van der Waals surface area contributed by atoms with Gasteiger partial charge in [-0.05, 0) is 19.3 Å². The third kappa shape index (κ3) is 47.0. The Balaban J connectivity index is 3.24. The van der Waals surface area contributed by atoms with Crippen LogP contribution >= 0.6 is 0 Å². The van der Waals surface area contributed by atoms with Crippen molar-refractivity contribution < 1.29 is 19.1 Å². The van der Waals surface area contributed by atoms with Crippen molar-refractivity contribution in [3.8, 4) is 0 Å². The Labute approximate surface area is 333 Å². The number of hydrogen-bond donors (Lipinski definition) is 0. The SMILES string of the molecule is CCCCCCCCCCCCCCCCCCCCCCOC(=O)CCCC(=O)OCCCCCCCCCCCCCCCCCCCCCC. The molecule has 0 amide bonds. The highest BCUT2D eigenvalue weighted by atomic mass is 16.5. The van der Waals surface area contributed by atoms with Gasteiger partial charge in [-0.1, -0.05) is 258 Å². The number of unbranched alkanes of at least 4 members (excludes halogenated alkanes) is 38. The highest BCUT2D eigenvalue weighted by molar-refractivity contribution is 5.72. The summed E-state index contributed by atoms with van der Waals surface area (Å²) in [5, 5.41) is 0. The van der Waals surface area contributed by atoms with Crippen LogP contribution in [0.4, 0.5) is 0 Å². The molecule has 0 aliphatic heterocycles. The van der Waals surface area contributed by atoms with Gasteiger partial charge in [0.15, 0.2) is 0 Å². The molecule has 4 heteroatoms. The maximum absolute atomic E-state index is 12.0. The van der Waals surface area contributed by atoms with Gasteiger partial charge in [0.2, 0.25) is 0 Å². The third-order valence-corrected chi connectivity index (χ3v) is 11.3. The lowest BCUT2D eigenvalue weighted by Crippen LogP contribution is -2.09. The molecule has 4 nitrogen and oxygen atoms in total. The predicted octanol–water partition coefficient (Wildman–Crippen LogP) is 16.9. The van der Waals surface area contributed by atoms with E-state index in [1.807, 2.05) is 0 Å². The minimum Gasteiger partial charge on any atom is -0.466 e. The van der Waals surface area contributed by atoms with Gasteiger partial charge < -0.3 is 9.47 Å². The molecule has 0 aliphatic carbocycles. The largest absolute Gasteiger partial charge is 0.466 e. The maximum atomic E-state index is 12.0. The Morgan fingerprint density at radius 2 is 0.415 bits per heavy atom. The smallest absolute Gasteiger partial charge is 0.305 e. The monoisotopic (exact) mass is 749 g/mol. The van der Waals surface area contributed by atoms with Crippen molar-refractivity contribution in [3.63, 3.8) is 0 Å². The maximum Gasteiger partial charge on any atom is 0.305 e. The number of hydrogen-bond acceptors (Lipinski definition) is 4. The number of rotatable bonds is 46. The molecule has 0 bridgehead atoms. The first-order valence-electron chi connectivity index (χ1n) is 24.5. The van der Waals surface area contributed by atoms with E-state index in [1.54, 1.807) is 0 Å². The van der Waals surface area contributed by atoms with Crippen molar-refractivity contribution in [2.75, 3.05) is 13.2 Å². The summed E-state index contributed by atoms with van der Waals surface area (Å²) < 4.78 is 10.8. The van der Waals surface area contributed by atoms with Crippen LogP contribution in [0.2, 0.25) is 0 Å². The van der Waals surface area contributed by atoms with Crippen LogP contribution < -0.4 is 0 Å². The second-order valence-corrected chi connectivity index (χ2v) is 16.7. The summed E-state index contributed by atoms with van der Waals surface area (Å²) in [6.07, 6.45) is 55.8. The van der Waals surface area contributed by atoms with Crippen LogP contribution in [-0.4, -0.2) is 25.2 Å². The normalized spacial score (nSPS) is 11.4. The summed E-state index contributed by atoms with van der Waals surface area (Å²) in [6, 6.07) is 0. The van der Waals surface area contributed by atoms with Crippen molar-refractivity contribution in [2.45, 2.75) is 290 Å². The molecule has 316 valence electrons. The average Bonchev–Trinajstić information content (AvgIpc) is 3.16. The fourth-order valence-corrected chi connectivity index (χ4v) is 7.61. The first kappa shape index (κ1) is 51.9. The number of carbonyl (C=O) groups excluding carboxylic acids is 2. The Morgan fingerprint density at radius 1 is 0.245 bits per heavy atom. The van der Waals surface area contributed by atoms with Crippen molar-refractivity contribution in [3.05, 3.63) is 0 Å². The zero-order valence-electron chi connectivity index (χ0n) is 36.5. The summed E-state index contributed by atoms with van der Waals surface area (Å²) in [7, 11) is 0. The zero-order valence-corrected chi connectivity index (χ0v) is 36.5. The summed E-state index contributed by atoms with van der Waals surface area (Å²) >= 11 is 0. The molecule has 0 aromatic rings. The van der Waals surface area contributed by atoms with Gasteiger partial charge in [-0.15, -0.1) is 0 Å². The van der Waals surface area contributed by atoms with E-state index in [-0.39, 0.29) is 11.9 Å². The van der Waals surface area contributed by atoms with Crippen LogP contribution in [0.25, 0.3) is 0 Å². The van der Waals surface area contributed by atoms with Gasteiger partial charge in [0.25, 0.3) is 0 Å². The van der Waals surface area contributed by atoms with Crippen molar-refractivity contribution in [2.24, 2.45) is 0 Å². The average molecular weight is 749 g/mol. The van der Waals surface area contributed by atoms with Crippen LogP contribution in [0.1, 0.15) is 290 Å². The first-order chi connectivity index (χ1) is 26.2. The summed E-state index contributed by atoms with van der Waals surface area (Å²) in [6.45, 7) is 5.62. The van der Waals surface area contributed by atoms with E-state index in [9.17, 15) is 9.59 Å². The van der Waals surface area contributed by atoms with Crippen LogP contribution in [0.15, 0.2) is 0 Å². The van der Waals surface area contributed by atoms with Crippen LogP contribution in [0.3, 0.4) is 0 Å². The fourth-order valence-electron chi connectivity index (χ4n) is 7.61. The summed E-state index contributed by atoms with van der Waals surface area (Å²) in [4.78, 5) is 24.0. The molecule has 0 aromatic heterocycles. The molecule has 0 saturated heterocycles. The second kappa shape index (κ2) is 47.1. The molecule has 0 aromatic carbocycles. The van der Waals surface area contributed by atoms with E-state index in [4.69, 9.17) is 9.47 Å². The van der Waals surface area contributed by atoms with E-state index in [1.165, 1.54) is 231 Å². The highest BCUT2D eigenvalue weighted by Gasteiger charge is 2.07. The van der Waals surface area contributed by atoms with Gasteiger partial charge in [0.1, 0.15) is 0 Å². The quantitative estimate of drug-likeness (QED) is 0.0459. The van der Waals surface area contributed by atoms with E-state index < -0.39 is 0 Å². The van der Waals surface area contributed by atoms with Gasteiger partial charge in [0.05, 0.1) is 13.2 Å². The molecular formula is C49H96O4. The molecule has 0 heterocycles. The molecule has 0 unspecified atom stereocenters. The lowest BCUT2D eigenvalue weighted by atomic mass is 10.0. The highest BCUT2D eigenvalue weighted by Crippen LogP contribution is 2.17. The van der Waals surface area contributed by atoms with Crippen molar-refractivity contribution in [1.29, 1.82) is 0 Å². The molecule has 0 saturated carbocycles. The van der Waals surface area contributed by atoms with Crippen LogP contribution in [0.5, 0.6) is 0 Å². The topological polar surface area (TPSA) is 52.6 Å². The Hall–Kier alpha value is -1.06. The minimum atomic E-state index is -0.176. The summed E-state index contributed by atoms with van der Waals surface area (Å²) in [5.41, 5.74) is 0. The molecule has 0 N–H and O–H groups in total. The van der Waals surface area contributed by atoms with Gasteiger partial charge in [-0.25, -0.2) is 0 Å². The fraction of sp³-hybridized carbons (Fsp3) is 0.959. The van der Waals surface area contributed by atoms with Gasteiger partial charge in [0, 0.05) is 12.8 Å². The van der Waals surface area contributed by atoms with Crippen molar-refractivity contribution >= 4 is 11.9 Å². The molecule has 0 atom stereocenters. The van der Waals surface area contributed by atoms with E-state index in [0.717, 1.165) is 25.7 Å². The molecule has 0 fully saturated rings. The number of carbonyl (C=O) groups is 2. The minimum absolute atomic E-state index is 0.176. The van der Waals surface area contributed by atoms with E-state index in [0.29, 0.717) is 32.5 Å². The van der Waals surface area contributed by atoms with Crippen LogP contribution in [-0.2, 0) is 19.1 Å². The van der Waals surface area contributed by atoms with E-state index >= 15 is 0 Å². The zero-order chi connectivity index (χ0) is 38.4. The molecular weight excluding hydrogens is 653 g/mol. The molecule has 0 aliphatic rings. The standard InChI is InChI=1S/C49H96O4/c1-3-5-7-9-11-13-15-17-19-21-23-25-27-29-31-33-35-37-39-41-46-52-48(50)44-43-45-49(51)53-47-42-40-38-36-34-32-30-28-26-24-22-20-18-16-14-12-10-8-6-4-2/h3-47H2,1-2H3. The van der Waals surface area contributed by atoms with Gasteiger partial charge >= 0.3 is 11.9 Å². The predicted molar refractivity (Wildman–Crippen MR) is 232 cm³/mol. The lowest BCUT2D eigenvalue weighted by Gasteiger charge is -2.06. The van der Waals surface area contributed by atoms with Crippen molar-refractivity contribution in [1.82, 2.24) is 0 Å². The number of esters is 2. The Bertz CT molecular complexity index is 649. The molecule has 0 spiro atoms.